The smallest absolute Gasteiger partial charge is 0.227 e. The number of amides is 1. The molecule has 2 aromatic carbocycles. The first-order valence-electron chi connectivity index (χ1n) is 7.04. The highest BCUT2D eigenvalue weighted by atomic mass is 16.2. The Morgan fingerprint density at radius 1 is 0.900 bits per heavy atom. The lowest BCUT2D eigenvalue weighted by molar-refractivity contribution is -0.132. The molecule has 2 nitrogen and oxygen atoms in total. The number of hydrogen-bond acceptors (Lipinski definition) is 1. The molecule has 1 amide bonds. The van der Waals surface area contributed by atoms with Crippen molar-refractivity contribution >= 4 is 5.91 Å². The summed E-state index contributed by atoms with van der Waals surface area (Å²) in [5, 5.41) is 0. The molecular weight excluding hydrogens is 246 g/mol. The molecule has 0 saturated heterocycles. The first-order valence-corrected chi connectivity index (χ1v) is 7.04. The van der Waals surface area contributed by atoms with Crippen LogP contribution >= 0.6 is 0 Å². The van der Waals surface area contributed by atoms with Crippen LogP contribution in [0, 0.1) is 0 Å². The van der Waals surface area contributed by atoms with Crippen molar-refractivity contribution in [2.24, 2.45) is 0 Å². The summed E-state index contributed by atoms with van der Waals surface area (Å²) in [4.78, 5) is 14.4. The third-order valence-corrected chi connectivity index (χ3v) is 3.34. The van der Waals surface area contributed by atoms with Crippen molar-refractivity contribution in [2.45, 2.75) is 32.9 Å². The van der Waals surface area contributed by atoms with Gasteiger partial charge in [0.25, 0.3) is 0 Å². The second-order valence-electron chi connectivity index (χ2n) is 5.26. The fourth-order valence-electron chi connectivity index (χ4n) is 2.21. The average molecular weight is 267 g/mol. The molecule has 0 aliphatic heterocycles. The number of carbonyl (C=O) groups excluding carboxylic acids is 1. The lowest BCUT2D eigenvalue weighted by Gasteiger charge is -2.27. The Bertz CT molecular complexity index is 534. The topological polar surface area (TPSA) is 20.3 Å². The zero-order valence-electron chi connectivity index (χ0n) is 12.1. The van der Waals surface area contributed by atoms with Gasteiger partial charge < -0.3 is 4.90 Å². The van der Waals surface area contributed by atoms with Crippen molar-refractivity contribution in [3.05, 3.63) is 71.8 Å². The van der Waals surface area contributed by atoms with Gasteiger partial charge in [0.15, 0.2) is 0 Å². The summed E-state index contributed by atoms with van der Waals surface area (Å²) >= 11 is 0. The van der Waals surface area contributed by atoms with Crippen molar-refractivity contribution in [3.8, 4) is 0 Å². The molecule has 0 unspecified atom stereocenters. The Balaban J connectivity index is 2.07. The van der Waals surface area contributed by atoms with Gasteiger partial charge in [-0.1, -0.05) is 60.7 Å². The van der Waals surface area contributed by atoms with Crippen LogP contribution in [0.15, 0.2) is 60.7 Å². The summed E-state index contributed by atoms with van der Waals surface area (Å²) in [6, 6.07) is 20.2. The van der Waals surface area contributed by atoms with Gasteiger partial charge in [0.2, 0.25) is 5.91 Å². The highest BCUT2D eigenvalue weighted by Gasteiger charge is 2.17. The van der Waals surface area contributed by atoms with Crippen LogP contribution in [0.3, 0.4) is 0 Å². The Labute approximate surface area is 121 Å². The van der Waals surface area contributed by atoms with Gasteiger partial charge in [0.05, 0.1) is 6.42 Å². The molecule has 0 aromatic heterocycles. The van der Waals surface area contributed by atoms with Gasteiger partial charge in [0.1, 0.15) is 0 Å². The summed E-state index contributed by atoms with van der Waals surface area (Å²) in [7, 11) is 0. The molecule has 0 aliphatic carbocycles. The molecule has 0 spiro atoms. The Hall–Kier alpha value is -2.09. The third kappa shape index (κ3) is 3.95. The Morgan fingerprint density at radius 2 is 1.40 bits per heavy atom. The van der Waals surface area contributed by atoms with E-state index >= 15 is 0 Å². The molecule has 2 aromatic rings. The predicted molar refractivity (Wildman–Crippen MR) is 82.3 cm³/mol. The van der Waals surface area contributed by atoms with Crippen LogP contribution in [0.5, 0.6) is 0 Å². The van der Waals surface area contributed by atoms with E-state index in [2.05, 4.69) is 26.0 Å². The molecule has 104 valence electrons. The van der Waals surface area contributed by atoms with E-state index in [9.17, 15) is 4.79 Å². The highest BCUT2D eigenvalue weighted by Crippen LogP contribution is 2.11. The molecule has 0 saturated carbocycles. The minimum absolute atomic E-state index is 0.176. The van der Waals surface area contributed by atoms with Crippen LogP contribution in [0.4, 0.5) is 0 Å². The third-order valence-electron chi connectivity index (χ3n) is 3.34. The summed E-state index contributed by atoms with van der Waals surface area (Å²) < 4.78 is 0. The number of nitrogens with zero attached hydrogens (tertiary/aromatic N) is 1. The van der Waals surface area contributed by atoms with Gasteiger partial charge in [0, 0.05) is 12.6 Å². The van der Waals surface area contributed by atoms with Gasteiger partial charge in [-0.15, -0.1) is 0 Å². The number of carbonyl (C=O) groups is 1. The van der Waals surface area contributed by atoms with Crippen LogP contribution in [0.1, 0.15) is 25.0 Å². The van der Waals surface area contributed by atoms with Crippen molar-refractivity contribution in [2.75, 3.05) is 0 Å². The quantitative estimate of drug-likeness (QED) is 0.809. The maximum Gasteiger partial charge on any atom is 0.227 e. The van der Waals surface area contributed by atoms with Gasteiger partial charge in [-0.3, -0.25) is 4.79 Å². The lowest BCUT2D eigenvalue weighted by atomic mass is 10.1. The van der Waals surface area contributed by atoms with E-state index in [1.165, 1.54) is 5.56 Å². The Kier molecular flexibility index (Phi) is 4.94. The zero-order valence-corrected chi connectivity index (χ0v) is 12.1. The minimum Gasteiger partial charge on any atom is -0.336 e. The molecule has 0 heterocycles. The predicted octanol–water partition coefficient (Wildman–Crippen LogP) is 3.67. The van der Waals surface area contributed by atoms with E-state index in [1.807, 2.05) is 53.4 Å². The molecule has 2 heteroatoms. The summed E-state index contributed by atoms with van der Waals surface area (Å²) in [5.41, 5.74) is 2.24. The van der Waals surface area contributed by atoms with Crippen molar-refractivity contribution < 1.29 is 4.79 Å². The lowest BCUT2D eigenvalue weighted by Crippen LogP contribution is -2.37. The van der Waals surface area contributed by atoms with E-state index in [1.54, 1.807) is 0 Å². The van der Waals surface area contributed by atoms with E-state index in [-0.39, 0.29) is 11.9 Å². The summed E-state index contributed by atoms with van der Waals surface area (Å²) in [6.07, 6.45) is 0.464. The number of benzene rings is 2. The molecule has 0 N–H and O–H groups in total. The van der Waals surface area contributed by atoms with Crippen LogP contribution < -0.4 is 0 Å². The summed E-state index contributed by atoms with van der Waals surface area (Å²) in [5.74, 6) is 0.176. The van der Waals surface area contributed by atoms with E-state index in [4.69, 9.17) is 0 Å². The van der Waals surface area contributed by atoms with Gasteiger partial charge in [-0.25, -0.2) is 0 Å². The van der Waals surface area contributed by atoms with Crippen molar-refractivity contribution in [1.82, 2.24) is 4.90 Å². The molecule has 0 atom stereocenters. The molecule has 2 rings (SSSR count). The van der Waals surface area contributed by atoms with Gasteiger partial charge >= 0.3 is 0 Å². The van der Waals surface area contributed by atoms with Crippen LogP contribution in [-0.4, -0.2) is 16.8 Å². The average Bonchev–Trinajstić information content (AvgIpc) is 2.46. The summed E-state index contributed by atoms with van der Waals surface area (Å²) in [6.45, 7) is 4.79. The first kappa shape index (κ1) is 14.3. The molecule has 0 aliphatic rings. The monoisotopic (exact) mass is 267 g/mol. The standard InChI is InChI=1S/C18H21NO/c1-15(2)19(14-17-11-7-4-8-12-17)18(20)13-16-9-5-3-6-10-16/h3-12,15H,13-14H2,1-2H3. The van der Waals surface area contributed by atoms with Crippen LogP contribution in [-0.2, 0) is 17.8 Å². The van der Waals surface area contributed by atoms with Gasteiger partial charge in [-0.05, 0) is 25.0 Å². The van der Waals surface area contributed by atoms with Gasteiger partial charge in [-0.2, -0.15) is 0 Å². The number of rotatable bonds is 5. The molecule has 0 fully saturated rings. The number of hydrogen-bond donors (Lipinski definition) is 0. The van der Waals surface area contributed by atoms with Crippen LogP contribution in [0.2, 0.25) is 0 Å². The van der Waals surface area contributed by atoms with E-state index in [0.717, 1.165) is 5.56 Å². The second kappa shape index (κ2) is 6.90. The maximum atomic E-state index is 12.5. The zero-order chi connectivity index (χ0) is 14.4. The highest BCUT2D eigenvalue weighted by molar-refractivity contribution is 5.79. The van der Waals surface area contributed by atoms with E-state index < -0.39 is 0 Å². The largest absolute Gasteiger partial charge is 0.336 e. The molecule has 20 heavy (non-hydrogen) atoms. The molecule has 0 bridgehead atoms. The fourth-order valence-corrected chi connectivity index (χ4v) is 2.21. The van der Waals surface area contributed by atoms with Crippen molar-refractivity contribution in [1.29, 1.82) is 0 Å². The first-order chi connectivity index (χ1) is 9.66. The maximum absolute atomic E-state index is 12.5. The van der Waals surface area contributed by atoms with Crippen LogP contribution in [0.25, 0.3) is 0 Å². The van der Waals surface area contributed by atoms with E-state index in [0.29, 0.717) is 13.0 Å². The minimum atomic E-state index is 0.176. The van der Waals surface area contributed by atoms with Crippen molar-refractivity contribution in [3.63, 3.8) is 0 Å². The fraction of sp³-hybridized carbons (Fsp3) is 0.278. The SMILES string of the molecule is CC(C)N(Cc1ccccc1)C(=O)Cc1ccccc1. The Morgan fingerprint density at radius 3 is 1.90 bits per heavy atom. The molecular formula is C18H21NO. The normalized spacial score (nSPS) is 10.6. The second-order valence-corrected chi connectivity index (χ2v) is 5.26. The molecule has 0 radical (unpaired) electrons.